The average molecular weight is 572 g/mol. The van der Waals surface area contributed by atoms with E-state index >= 15 is 0 Å². The van der Waals surface area contributed by atoms with Crippen molar-refractivity contribution in [1.82, 2.24) is 15.0 Å². The van der Waals surface area contributed by atoms with Gasteiger partial charge in [-0.3, -0.25) is 0 Å². The van der Waals surface area contributed by atoms with Crippen molar-refractivity contribution >= 4 is 0 Å². The van der Waals surface area contributed by atoms with E-state index in [-0.39, 0.29) is 56.3 Å². The zero-order valence-electron chi connectivity index (χ0n) is 20.6. The number of benzene rings is 3. The van der Waals surface area contributed by atoms with Gasteiger partial charge in [0.05, 0.1) is 34.7 Å². The van der Waals surface area contributed by atoms with Crippen LogP contribution in [0.25, 0.3) is 39.0 Å². The van der Waals surface area contributed by atoms with E-state index in [4.69, 9.17) is 11.8 Å². The van der Waals surface area contributed by atoms with Gasteiger partial charge in [-0.25, -0.2) is 35.0 Å². The number of nitriles is 2. The molecule has 14 heteroatoms. The van der Waals surface area contributed by atoms with Crippen molar-refractivity contribution < 1.29 is 26.3 Å². The fourth-order valence-corrected chi connectivity index (χ4v) is 3.93. The van der Waals surface area contributed by atoms with Gasteiger partial charge in [-0.15, -0.1) is 0 Å². The molecule has 1 aliphatic rings. The third kappa shape index (κ3) is 5.15. The van der Waals surface area contributed by atoms with Gasteiger partial charge < -0.3 is 0 Å². The Balaban J connectivity index is 1.73. The fourth-order valence-electron chi connectivity index (χ4n) is 3.93. The molecule has 204 valence electrons. The summed E-state index contributed by atoms with van der Waals surface area (Å²) < 4.78 is 78.7. The first-order valence-electron chi connectivity index (χ1n) is 11.6. The molecule has 5 rings (SSSR count). The number of aromatic nitrogens is 3. The van der Waals surface area contributed by atoms with Crippen LogP contribution in [0.3, 0.4) is 0 Å². The maximum atomic E-state index is 13.1. The van der Waals surface area contributed by atoms with Crippen LogP contribution in [0.4, 0.5) is 26.3 Å². The van der Waals surface area contributed by atoms with Crippen molar-refractivity contribution in [1.29, 1.82) is 10.5 Å². The molecule has 0 unspecified atom stereocenters. The average Bonchev–Trinajstić information content (AvgIpc) is 3.40. The Labute approximate surface area is 231 Å². The van der Waals surface area contributed by atoms with Crippen molar-refractivity contribution in [3.63, 3.8) is 0 Å². The minimum Gasteiger partial charge on any atom is -0.238 e. The first-order chi connectivity index (χ1) is 19.9. The Morgan fingerprint density at radius 2 is 1.19 bits per heavy atom. The molecule has 2 heterocycles. The molecule has 0 N–H and O–H groups in total. The highest BCUT2D eigenvalue weighted by Gasteiger charge is 2.31. The van der Waals surface area contributed by atoms with E-state index in [1.807, 2.05) is 6.07 Å². The Morgan fingerprint density at radius 1 is 0.690 bits per heavy atom. The lowest BCUT2D eigenvalue weighted by atomic mass is 10.1. The summed E-state index contributed by atoms with van der Waals surface area (Å²) >= 11 is 0. The molecule has 3 aromatic carbocycles. The molecule has 0 amide bonds. The van der Waals surface area contributed by atoms with Crippen molar-refractivity contribution in [2.45, 2.75) is 12.4 Å². The maximum Gasteiger partial charge on any atom is 0.416 e. The summed E-state index contributed by atoms with van der Waals surface area (Å²) in [5.74, 6) is -0.555. The lowest BCUT2D eigenvalue weighted by Crippen LogP contribution is -2.25. The lowest BCUT2D eigenvalue weighted by molar-refractivity contribution is -0.138. The molecule has 0 aliphatic carbocycles. The number of allylic oxidation sites excluding steroid dienone is 1. The van der Waals surface area contributed by atoms with E-state index in [1.54, 1.807) is 6.07 Å². The molecule has 0 fully saturated rings. The summed E-state index contributed by atoms with van der Waals surface area (Å²) in [4.78, 5) is 24.3. The molecule has 1 aromatic heterocycles. The first-order valence-corrected chi connectivity index (χ1v) is 11.6. The minimum atomic E-state index is -4.60. The molecule has 0 atom stereocenters. The third-order valence-corrected chi connectivity index (χ3v) is 5.96. The zero-order chi connectivity index (χ0) is 30.2. The summed E-state index contributed by atoms with van der Waals surface area (Å²) in [7, 11) is 0. The Bertz CT molecular complexity index is 1930. The van der Waals surface area contributed by atoms with Crippen LogP contribution in [0, 0.1) is 29.2 Å². The second kappa shape index (κ2) is 10.2. The van der Waals surface area contributed by atoms with E-state index in [2.05, 4.69) is 29.8 Å². The van der Waals surface area contributed by atoms with Gasteiger partial charge in [0.1, 0.15) is 11.4 Å². The molecular formula is C28H10F6N8. The molecule has 8 nitrogen and oxygen atoms in total. The standard InChI is InChI=1S/C28H10F6N8/c1-37-21(13-36)26-38-20-11-10-18(19(12-35)22(20)39-26)25-41-23(14-2-6-16(7-3-14)27(29,30)31)40-24(42-25)15-4-8-17(9-5-15)28(32,33)34/h2-11H/b26-21+. The van der Waals surface area contributed by atoms with Gasteiger partial charge in [0.15, 0.2) is 23.3 Å². The molecule has 1 aliphatic heterocycles. The molecule has 0 saturated heterocycles. The Kier molecular flexibility index (Phi) is 6.73. The van der Waals surface area contributed by atoms with Crippen molar-refractivity contribution in [3.8, 4) is 46.3 Å². The van der Waals surface area contributed by atoms with Crippen LogP contribution in [0.2, 0.25) is 0 Å². The van der Waals surface area contributed by atoms with E-state index in [0.29, 0.717) is 0 Å². The molecule has 0 bridgehead atoms. The van der Waals surface area contributed by atoms with Crippen LogP contribution < -0.4 is 10.7 Å². The van der Waals surface area contributed by atoms with Gasteiger partial charge in [0.2, 0.25) is 0 Å². The predicted molar refractivity (Wildman–Crippen MR) is 132 cm³/mol. The third-order valence-electron chi connectivity index (χ3n) is 5.96. The topological polar surface area (TPSA) is 115 Å². The van der Waals surface area contributed by atoms with Crippen molar-refractivity contribution in [2.75, 3.05) is 0 Å². The van der Waals surface area contributed by atoms with Crippen LogP contribution in [0.5, 0.6) is 0 Å². The predicted octanol–water partition coefficient (Wildman–Crippen LogP) is 5.65. The number of hydrogen-bond donors (Lipinski definition) is 0. The van der Waals surface area contributed by atoms with Crippen LogP contribution >= 0.6 is 0 Å². The first kappa shape index (κ1) is 27.6. The summed E-state index contributed by atoms with van der Waals surface area (Å²) in [5.41, 5.74) is -1.94. The minimum absolute atomic E-state index is 0.0361. The monoisotopic (exact) mass is 572 g/mol. The van der Waals surface area contributed by atoms with Gasteiger partial charge in [-0.05, 0) is 36.4 Å². The normalized spacial score (nSPS) is 13.6. The molecule has 42 heavy (non-hydrogen) atoms. The molecule has 0 radical (unpaired) electrons. The summed E-state index contributed by atoms with van der Waals surface area (Å²) in [6, 6.07) is 14.3. The van der Waals surface area contributed by atoms with Crippen molar-refractivity contribution in [2.24, 2.45) is 9.98 Å². The molecule has 4 aromatic rings. The van der Waals surface area contributed by atoms with E-state index in [0.717, 1.165) is 48.5 Å². The fraction of sp³-hybridized carbons (Fsp3) is 0.0714. The van der Waals surface area contributed by atoms with Crippen LogP contribution in [-0.4, -0.2) is 15.0 Å². The maximum absolute atomic E-state index is 13.1. The number of halogens is 6. The summed E-state index contributed by atoms with van der Waals surface area (Å²) in [6.07, 6.45) is -9.19. The van der Waals surface area contributed by atoms with Crippen LogP contribution in [-0.2, 0) is 12.4 Å². The largest absolute Gasteiger partial charge is 0.416 e. The lowest BCUT2D eigenvalue weighted by Gasteiger charge is -2.11. The van der Waals surface area contributed by atoms with Gasteiger partial charge >= 0.3 is 18.0 Å². The highest BCUT2D eigenvalue weighted by atomic mass is 19.4. The summed E-state index contributed by atoms with van der Waals surface area (Å²) in [5, 5.41) is 19.4. The van der Waals surface area contributed by atoms with Crippen LogP contribution in [0.15, 0.2) is 82.2 Å². The number of hydrogen-bond acceptors (Lipinski definition) is 7. The zero-order valence-corrected chi connectivity index (χ0v) is 20.6. The number of rotatable bonds is 3. The van der Waals surface area contributed by atoms with E-state index in [1.165, 1.54) is 12.1 Å². The smallest absolute Gasteiger partial charge is 0.238 e. The Morgan fingerprint density at radius 3 is 1.62 bits per heavy atom. The number of alkyl halides is 6. The Hall–Kier alpha value is -5.94. The number of fused-ring (bicyclic) bond motifs is 1. The molecule has 0 saturated carbocycles. The second-order valence-electron chi connectivity index (χ2n) is 8.54. The van der Waals surface area contributed by atoms with Crippen molar-refractivity contribution in [3.05, 3.63) is 111 Å². The molecular weight excluding hydrogens is 562 g/mol. The van der Waals surface area contributed by atoms with E-state index < -0.39 is 29.2 Å². The number of nitrogens with zero attached hydrogens (tertiary/aromatic N) is 8. The summed E-state index contributed by atoms with van der Waals surface area (Å²) in [6.45, 7) is 7.12. The highest BCUT2D eigenvalue weighted by molar-refractivity contribution is 5.70. The van der Waals surface area contributed by atoms with Gasteiger partial charge in [0, 0.05) is 16.7 Å². The molecule has 0 spiro atoms. The van der Waals surface area contributed by atoms with Gasteiger partial charge in [0.25, 0.3) is 0 Å². The SMILES string of the molecule is [C-]#[N+]/C(C#N)=C1\N=c2ccc(-c3nc(-c4ccc(C(F)(F)F)cc4)nc(-c4ccc(C(F)(F)F)cc4)n3)c(C#N)c2=N1. The second-order valence-corrected chi connectivity index (χ2v) is 8.54. The van der Waals surface area contributed by atoms with Gasteiger partial charge in [-0.2, -0.15) is 31.6 Å². The van der Waals surface area contributed by atoms with Crippen LogP contribution in [0.1, 0.15) is 16.7 Å². The quantitative estimate of drug-likeness (QED) is 0.179. The highest BCUT2D eigenvalue weighted by Crippen LogP contribution is 2.33. The van der Waals surface area contributed by atoms with E-state index in [9.17, 15) is 31.6 Å². The van der Waals surface area contributed by atoms with Gasteiger partial charge in [-0.1, -0.05) is 24.3 Å².